The second kappa shape index (κ2) is 8.13. The number of rotatable bonds is 5. The maximum absolute atomic E-state index is 12.9. The zero-order valence-electron chi connectivity index (χ0n) is 17.3. The summed E-state index contributed by atoms with van der Waals surface area (Å²) in [6, 6.07) is 18.8. The molecule has 3 aromatic carbocycles. The van der Waals surface area contributed by atoms with Gasteiger partial charge >= 0.3 is 0 Å². The number of amides is 1. The molecule has 31 heavy (non-hydrogen) atoms. The zero-order chi connectivity index (χ0) is 22.2. The molecule has 4 aromatic rings. The highest BCUT2D eigenvalue weighted by atomic mass is 32.2. The number of para-hydroxylation sites is 1. The molecule has 158 valence electrons. The number of carbonyl (C=O) groups excluding carboxylic acids is 1. The Kier molecular flexibility index (Phi) is 5.51. The second-order valence-electron chi connectivity index (χ2n) is 7.24. The van der Waals surface area contributed by atoms with Crippen LogP contribution in [0.4, 0.5) is 10.8 Å². The van der Waals surface area contributed by atoms with E-state index >= 15 is 0 Å². The van der Waals surface area contributed by atoms with Crippen molar-refractivity contribution in [1.82, 2.24) is 4.98 Å². The first-order valence-corrected chi connectivity index (χ1v) is 11.8. The van der Waals surface area contributed by atoms with Gasteiger partial charge in [0, 0.05) is 12.6 Å². The van der Waals surface area contributed by atoms with Gasteiger partial charge in [0.15, 0.2) is 5.13 Å². The molecule has 0 unspecified atom stereocenters. The molecule has 0 bridgehead atoms. The zero-order valence-corrected chi connectivity index (χ0v) is 18.9. The van der Waals surface area contributed by atoms with Crippen molar-refractivity contribution in [3.63, 3.8) is 0 Å². The third kappa shape index (κ3) is 4.17. The van der Waals surface area contributed by atoms with E-state index in [1.54, 1.807) is 24.3 Å². The Bertz CT molecular complexity index is 1360. The molecule has 0 saturated heterocycles. The largest absolute Gasteiger partial charge is 0.298 e. The van der Waals surface area contributed by atoms with Crippen LogP contribution in [0.15, 0.2) is 71.6 Å². The summed E-state index contributed by atoms with van der Waals surface area (Å²) in [4.78, 5) is 17.3. The highest BCUT2D eigenvalue weighted by Crippen LogP contribution is 2.30. The lowest BCUT2D eigenvalue weighted by Crippen LogP contribution is -2.26. The monoisotopic (exact) mass is 451 g/mol. The fourth-order valence-corrected chi connectivity index (χ4v) is 5.42. The summed E-state index contributed by atoms with van der Waals surface area (Å²) in [6.07, 6.45) is 0. The highest BCUT2D eigenvalue weighted by Gasteiger charge is 2.21. The lowest BCUT2D eigenvalue weighted by molar-refractivity contribution is 0.102. The van der Waals surface area contributed by atoms with E-state index in [4.69, 9.17) is 0 Å². The van der Waals surface area contributed by atoms with E-state index in [0.717, 1.165) is 21.3 Å². The summed E-state index contributed by atoms with van der Waals surface area (Å²) in [5.74, 6) is -0.339. The van der Waals surface area contributed by atoms with E-state index in [1.807, 2.05) is 26.0 Å². The number of anilines is 2. The number of fused-ring (bicyclic) bond motifs is 1. The number of thiazole rings is 1. The first kappa shape index (κ1) is 21.0. The van der Waals surface area contributed by atoms with Crippen LogP contribution in [0.5, 0.6) is 0 Å². The summed E-state index contributed by atoms with van der Waals surface area (Å²) >= 11 is 1.42. The second-order valence-corrected chi connectivity index (χ2v) is 10.2. The minimum absolute atomic E-state index is 0.112. The van der Waals surface area contributed by atoms with Crippen molar-refractivity contribution in [2.75, 3.05) is 16.7 Å². The molecule has 0 fully saturated rings. The molecule has 0 aliphatic heterocycles. The number of sulfonamides is 1. The molecule has 1 N–H and O–H groups in total. The molecule has 0 aliphatic rings. The molecule has 0 radical (unpaired) electrons. The highest BCUT2D eigenvalue weighted by molar-refractivity contribution is 7.92. The SMILES string of the molecule is Cc1cc(C)c2sc(NC(=O)c3ccc(S(=O)(=O)N(C)c4ccccc4)cc3)nc2c1. The van der Waals surface area contributed by atoms with E-state index < -0.39 is 10.0 Å². The Morgan fingerprint density at radius 2 is 1.68 bits per heavy atom. The molecule has 6 nitrogen and oxygen atoms in total. The molecule has 1 heterocycles. The third-order valence-electron chi connectivity index (χ3n) is 4.94. The van der Waals surface area contributed by atoms with Gasteiger partial charge in [-0.25, -0.2) is 13.4 Å². The molecule has 0 atom stereocenters. The van der Waals surface area contributed by atoms with Gasteiger partial charge in [-0.1, -0.05) is 35.6 Å². The van der Waals surface area contributed by atoms with E-state index in [9.17, 15) is 13.2 Å². The Morgan fingerprint density at radius 3 is 2.35 bits per heavy atom. The van der Waals surface area contributed by atoms with Crippen molar-refractivity contribution in [3.05, 3.63) is 83.4 Å². The van der Waals surface area contributed by atoms with E-state index in [1.165, 1.54) is 47.0 Å². The molecule has 1 amide bonds. The number of carbonyl (C=O) groups is 1. The maximum atomic E-state index is 12.9. The average molecular weight is 452 g/mol. The van der Waals surface area contributed by atoms with Crippen LogP contribution in [0.1, 0.15) is 21.5 Å². The molecule has 4 rings (SSSR count). The normalized spacial score (nSPS) is 11.5. The summed E-state index contributed by atoms with van der Waals surface area (Å²) in [6.45, 7) is 4.03. The van der Waals surface area contributed by atoms with Crippen LogP contribution in [0.3, 0.4) is 0 Å². The predicted octanol–water partition coefficient (Wildman–Crippen LogP) is 4.99. The van der Waals surface area contributed by atoms with Crippen molar-refractivity contribution in [1.29, 1.82) is 0 Å². The van der Waals surface area contributed by atoms with Crippen molar-refractivity contribution in [3.8, 4) is 0 Å². The number of hydrogen-bond acceptors (Lipinski definition) is 5. The lowest BCUT2D eigenvalue weighted by Gasteiger charge is -2.19. The van der Waals surface area contributed by atoms with Crippen molar-refractivity contribution < 1.29 is 13.2 Å². The number of nitrogens with zero attached hydrogens (tertiary/aromatic N) is 2. The predicted molar refractivity (Wildman–Crippen MR) is 126 cm³/mol. The summed E-state index contributed by atoms with van der Waals surface area (Å²) in [5, 5.41) is 3.32. The first-order valence-electron chi connectivity index (χ1n) is 9.59. The Morgan fingerprint density at radius 1 is 1.00 bits per heavy atom. The lowest BCUT2D eigenvalue weighted by atomic mass is 10.1. The summed E-state index contributed by atoms with van der Waals surface area (Å²) in [7, 11) is -2.23. The van der Waals surface area contributed by atoms with E-state index in [0.29, 0.717) is 16.4 Å². The van der Waals surface area contributed by atoms with Gasteiger partial charge in [-0.3, -0.25) is 14.4 Å². The summed E-state index contributed by atoms with van der Waals surface area (Å²) in [5.41, 5.74) is 4.00. The van der Waals surface area contributed by atoms with Crippen LogP contribution in [-0.4, -0.2) is 26.4 Å². The maximum Gasteiger partial charge on any atom is 0.264 e. The quantitative estimate of drug-likeness (QED) is 0.464. The van der Waals surface area contributed by atoms with Gasteiger partial charge in [-0.15, -0.1) is 0 Å². The number of hydrogen-bond donors (Lipinski definition) is 1. The Hall–Kier alpha value is -3.23. The molecule has 1 aromatic heterocycles. The van der Waals surface area contributed by atoms with E-state index in [2.05, 4.69) is 16.4 Å². The molecular weight excluding hydrogens is 430 g/mol. The van der Waals surface area contributed by atoms with Crippen LogP contribution in [0, 0.1) is 13.8 Å². The van der Waals surface area contributed by atoms with Gasteiger partial charge in [-0.2, -0.15) is 0 Å². The number of aromatic nitrogens is 1. The minimum atomic E-state index is -3.73. The van der Waals surface area contributed by atoms with Gasteiger partial charge in [0.2, 0.25) is 0 Å². The van der Waals surface area contributed by atoms with Gasteiger partial charge < -0.3 is 0 Å². The number of nitrogens with one attached hydrogen (secondary N) is 1. The standard InChI is InChI=1S/C23H21N3O3S2/c1-15-13-16(2)21-20(14-15)24-23(30-21)25-22(27)17-9-11-19(12-10-17)31(28,29)26(3)18-7-5-4-6-8-18/h4-14H,1-3H3,(H,24,25,27). The van der Waals surface area contributed by atoms with Crippen LogP contribution >= 0.6 is 11.3 Å². The Labute approximate surface area is 185 Å². The summed E-state index contributed by atoms with van der Waals surface area (Å²) < 4.78 is 28.0. The average Bonchev–Trinajstić information content (AvgIpc) is 3.16. The third-order valence-corrected chi connectivity index (χ3v) is 7.86. The number of aryl methyl sites for hydroxylation is 2. The molecular formula is C23H21N3O3S2. The van der Waals surface area contributed by atoms with Gasteiger partial charge in [0.25, 0.3) is 15.9 Å². The molecule has 0 spiro atoms. The topological polar surface area (TPSA) is 79.4 Å². The molecule has 0 aliphatic carbocycles. The van der Waals surface area contributed by atoms with Crippen molar-refractivity contribution in [2.24, 2.45) is 0 Å². The smallest absolute Gasteiger partial charge is 0.264 e. The van der Waals surface area contributed by atoms with Crippen LogP contribution < -0.4 is 9.62 Å². The fourth-order valence-electron chi connectivity index (χ4n) is 3.31. The number of benzene rings is 3. The Balaban J connectivity index is 1.54. The minimum Gasteiger partial charge on any atom is -0.298 e. The van der Waals surface area contributed by atoms with E-state index in [-0.39, 0.29) is 10.8 Å². The van der Waals surface area contributed by atoms with Crippen LogP contribution in [0.2, 0.25) is 0 Å². The van der Waals surface area contributed by atoms with Crippen molar-refractivity contribution >= 4 is 48.3 Å². The van der Waals surface area contributed by atoms with Crippen molar-refractivity contribution in [2.45, 2.75) is 18.7 Å². The van der Waals surface area contributed by atoms with Crippen LogP contribution in [0.25, 0.3) is 10.2 Å². The first-order chi connectivity index (χ1) is 14.8. The fraction of sp³-hybridized carbons (Fsp3) is 0.130. The van der Waals surface area contributed by atoms with Gasteiger partial charge in [-0.05, 0) is 67.4 Å². The molecule has 8 heteroatoms. The molecule has 0 saturated carbocycles. The van der Waals surface area contributed by atoms with Gasteiger partial charge in [0.1, 0.15) is 0 Å². The van der Waals surface area contributed by atoms with Crippen LogP contribution in [-0.2, 0) is 10.0 Å². The van der Waals surface area contributed by atoms with Gasteiger partial charge in [0.05, 0.1) is 20.8 Å².